The minimum Gasteiger partial charge on any atom is -0.325 e. The number of amides is 1. The number of aromatic nitrogens is 3. The molecule has 0 aliphatic heterocycles. The number of nitrogens with one attached hydrogen (secondary N) is 1. The van der Waals surface area contributed by atoms with Gasteiger partial charge in [0, 0.05) is 22.0 Å². The number of para-hydroxylation sites is 1. The predicted molar refractivity (Wildman–Crippen MR) is 122 cm³/mol. The second-order valence-electron chi connectivity index (χ2n) is 6.69. The first-order valence-corrected chi connectivity index (χ1v) is 10.7. The minimum atomic E-state index is -0.123. The maximum absolute atomic E-state index is 12.4. The summed E-state index contributed by atoms with van der Waals surface area (Å²) < 4.78 is 1.98. The van der Waals surface area contributed by atoms with Gasteiger partial charge in [-0.05, 0) is 43.3 Å². The Morgan fingerprint density at radius 2 is 1.67 bits per heavy atom. The van der Waals surface area contributed by atoms with Gasteiger partial charge in [-0.15, -0.1) is 10.2 Å². The molecule has 0 bridgehead atoms. The Hall–Kier alpha value is -3.09. The van der Waals surface area contributed by atoms with E-state index in [1.807, 2.05) is 66.1 Å². The molecule has 0 unspecified atom stereocenters. The van der Waals surface area contributed by atoms with Crippen LogP contribution in [0.5, 0.6) is 0 Å². The summed E-state index contributed by atoms with van der Waals surface area (Å²) in [5.41, 5.74) is 3.79. The molecule has 0 radical (unpaired) electrons. The van der Waals surface area contributed by atoms with Gasteiger partial charge in [-0.3, -0.25) is 9.36 Å². The molecule has 150 valence electrons. The van der Waals surface area contributed by atoms with Crippen LogP contribution in [0.3, 0.4) is 0 Å². The summed E-state index contributed by atoms with van der Waals surface area (Å²) in [5.74, 6) is 0.824. The van der Waals surface area contributed by atoms with Crippen LogP contribution in [0, 0.1) is 6.92 Å². The third-order valence-corrected chi connectivity index (χ3v) is 5.60. The SMILES string of the molecule is Cc1ccc(-c2nnc(SCC(=O)Nc3ccc(Cl)cc3)n2-c2ccccc2)cc1. The Labute approximate surface area is 184 Å². The minimum absolute atomic E-state index is 0.123. The molecular weight excluding hydrogens is 416 g/mol. The van der Waals surface area contributed by atoms with Gasteiger partial charge in [-0.1, -0.05) is 71.4 Å². The molecule has 4 rings (SSSR count). The highest BCUT2D eigenvalue weighted by molar-refractivity contribution is 7.99. The van der Waals surface area contributed by atoms with E-state index in [-0.39, 0.29) is 11.7 Å². The molecular formula is C23H19ClN4OS. The molecule has 4 aromatic rings. The number of rotatable bonds is 6. The summed E-state index contributed by atoms with van der Waals surface area (Å²) in [4.78, 5) is 12.4. The summed E-state index contributed by atoms with van der Waals surface area (Å²) in [6, 6.07) is 25.1. The largest absolute Gasteiger partial charge is 0.325 e. The summed E-state index contributed by atoms with van der Waals surface area (Å²) >= 11 is 7.23. The highest BCUT2D eigenvalue weighted by Gasteiger charge is 2.17. The van der Waals surface area contributed by atoms with Crippen molar-refractivity contribution in [3.63, 3.8) is 0 Å². The van der Waals surface area contributed by atoms with Crippen molar-refractivity contribution in [3.8, 4) is 17.1 Å². The Balaban J connectivity index is 1.57. The van der Waals surface area contributed by atoms with Crippen molar-refractivity contribution >= 4 is 35.0 Å². The van der Waals surface area contributed by atoms with Gasteiger partial charge in [0.2, 0.25) is 5.91 Å². The average molecular weight is 435 g/mol. The van der Waals surface area contributed by atoms with Gasteiger partial charge in [-0.25, -0.2) is 0 Å². The van der Waals surface area contributed by atoms with E-state index in [1.54, 1.807) is 24.3 Å². The van der Waals surface area contributed by atoms with E-state index in [0.29, 0.717) is 15.9 Å². The van der Waals surface area contributed by atoms with Crippen LogP contribution in [0.15, 0.2) is 84.0 Å². The van der Waals surface area contributed by atoms with Crippen LogP contribution in [0.2, 0.25) is 5.02 Å². The van der Waals surface area contributed by atoms with Gasteiger partial charge in [0.25, 0.3) is 0 Å². The third kappa shape index (κ3) is 4.72. The zero-order valence-electron chi connectivity index (χ0n) is 16.2. The first-order chi connectivity index (χ1) is 14.6. The van der Waals surface area contributed by atoms with Gasteiger partial charge in [-0.2, -0.15) is 0 Å². The normalized spacial score (nSPS) is 10.7. The fourth-order valence-electron chi connectivity index (χ4n) is 2.92. The number of hydrogen-bond donors (Lipinski definition) is 1. The molecule has 0 aliphatic carbocycles. The number of halogens is 1. The van der Waals surface area contributed by atoms with Crippen LogP contribution in [-0.4, -0.2) is 26.4 Å². The highest BCUT2D eigenvalue weighted by Crippen LogP contribution is 2.28. The smallest absolute Gasteiger partial charge is 0.234 e. The lowest BCUT2D eigenvalue weighted by Gasteiger charge is -2.10. The standard InChI is InChI=1S/C23H19ClN4OS/c1-16-7-9-17(10-8-16)22-26-27-23(28(22)20-5-3-2-4-6-20)30-15-21(29)25-19-13-11-18(24)12-14-19/h2-14H,15H2,1H3,(H,25,29). The van der Waals surface area contributed by atoms with E-state index in [4.69, 9.17) is 11.6 Å². The third-order valence-electron chi connectivity index (χ3n) is 4.42. The van der Waals surface area contributed by atoms with E-state index < -0.39 is 0 Å². The second-order valence-corrected chi connectivity index (χ2v) is 8.07. The summed E-state index contributed by atoms with van der Waals surface area (Å²) in [7, 11) is 0. The van der Waals surface area contributed by atoms with Crippen molar-refractivity contribution in [2.24, 2.45) is 0 Å². The molecule has 7 heteroatoms. The van der Waals surface area contributed by atoms with Crippen LogP contribution >= 0.6 is 23.4 Å². The molecule has 0 aliphatic rings. The van der Waals surface area contributed by atoms with Gasteiger partial charge < -0.3 is 5.32 Å². The zero-order valence-corrected chi connectivity index (χ0v) is 17.8. The molecule has 1 amide bonds. The molecule has 1 heterocycles. The van der Waals surface area contributed by atoms with Crippen molar-refractivity contribution < 1.29 is 4.79 Å². The molecule has 3 aromatic carbocycles. The van der Waals surface area contributed by atoms with E-state index in [9.17, 15) is 4.79 Å². The molecule has 0 atom stereocenters. The summed E-state index contributed by atoms with van der Waals surface area (Å²) in [6.45, 7) is 2.05. The van der Waals surface area contributed by atoms with Crippen molar-refractivity contribution in [1.29, 1.82) is 0 Å². The number of aryl methyl sites for hydroxylation is 1. The van der Waals surface area contributed by atoms with Crippen LogP contribution < -0.4 is 5.32 Å². The monoisotopic (exact) mass is 434 g/mol. The maximum Gasteiger partial charge on any atom is 0.234 e. The van der Waals surface area contributed by atoms with Gasteiger partial charge in [0.05, 0.1) is 5.75 Å². The second kappa shape index (κ2) is 9.15. The molecule has 0 saturated heterocycles. The summed E-state index contributed by atoms with van der Waals surface area (Å²) in [5, 5.41) is 12.9. The zero-order chi connectivity index (χ0) is 20.9. The van der Waals surface area contributed by atoms with Crippen molar-refractivity contribution in [1.82, 2.24) is 14.8 Å². The fraction of sp³-hybridized carbons (Fsp3) is 0.0870. The van der Waals surface area contributed by atoms with Crippen LogP contribution in [0.1, 0.15) is 5.56 Å². The van der Waals surface area contributed by atoms with Crippen LogP contribution in [0.25, 0.3) is 17.1 Å². The molecule has 1 aromatic heterocycles. The number of thioether (sulfide) groups is 1. The van der Waals surface area contributed by atoms with Crippen LogP contribution in [0.4, 0.5) is 5.69 Å². The molecule has 1 N–H and O–H groups in total. The van der Waals surface area contributed by atoms with E-state index in [1.165, 1.54) is 17.3 Å². The quantitative estimate of drug-likeness (QED) is 0.400. The van der Waals surface area contributed by atoms with E-state index in [2.05, 4.69) is 15.5 Å². The lowest BCUT2D eigenvalue weighted by Crippen LogP contribution is -2.14. The topological polar surface area (TPSA) is 59.8 Å². The molecule has 0 saturated carbocycles. The Kier molecular flexibility index (Phi) is 6.16. The first-order valence-electron chi connectivity index (χ1n) is 9.36. The lowest BCUT2D eigenvalue weighted by molar-refractivity contribution is -0.113. The van der Waals surface area contributed by atoms with Gasteiger partial charge in [0.15, 0.2) is 11.0 Å². The van der Waals surface area contributed by atoms with E-state index in [0.717, 1.165) is 17.1 Å². The predicted octanol–water partition coefficient (Wildman–Crippen LogP) is 5.63. The number of carbonyl (C=O) groups is 1. The van der Waals surface area contributed by atoms with Gasteiger partial charge in [0.1, 0.15) is 0 Å². The van der Waals surface area contributed by atoms with Gasteiger partial charge >= 0.3 is 0 Å². The molecule has 30 heavy (non-hydrogen) atoms. The first kappa shape index (κ1) is 20.2. The number of hydrogen-bond acceptors (Lipinski definition) is 4. The van der Waals surface area contributed by atoms with Crippen molar-refractivity contribution in [2.45, 2.75) is 12.1 Å². The molecule has 5 nitrogen and oxygen atoms in total. The Morgan fingerprint density at radius 1 is 0.967 bits per heavy atom. The number of nitrogens with zero attached hydrogens (tertiary/aromatic N) is 3. The summed E-state index contributed by atoms with van der Waals surface area (Å²) in [6.07, 6.45) is 0. The lowest BCUT2D eigenvalue weighted by atomic mass is 10.1. The van der Waals surface area contributed by atoms with Crippen molar-refractivity contribution in [3.05, 3.63) is 89.4 Å². The fourth-order valence-corrected chi connectivity index (χ4v) is 3.80. The molecule has 0 spiro atoms. The molecule has 0 fully saturated rings. The number of benzene rings is 3. The highest BCUT2D eigenvalue weighted by atomic mass is 35.5. The average Bonchev–Trinajstić information content (AvgIpc) is 3.19. The van der Waals surface area contributed by atoms with Crippen molar-refractivity contribution in [2.75, 3.05) is 11.1 Å². The number of carbonyl (C=O) groups excluding carboxylic acids is 1. The van der Waals surface area contributed by atoms with Crippen LogP contribution in [-0.2, 0) is 4.79 Å². The Morgan fingerprint density at radius 3 is 2.37 bits per heavy atom. The maximum atomic E-state index is 12.4. The van der Waals surface area contributed by atoms with E-state index >= 15 is 0 Å². The Bertz CT molecular complexity index is 1140. The number of anilines is 1.